The molecular weight excluding hydrogens is 210 g/mol. The molecule has 0 aromatic heterocycles. The standard InChI is InChI=1S/C15H29NO/c1-13(6-5-9-16-15(2,3)4)12-14-7-10-17-11-8-14/h6,14,16H,5,7-12H2,1-4H3. The number of allylic oxidation sites excluding steroid dienone is 1. The van der Waals surface area contributed by atoms with Crippen LogP contribution in [0.1, 0.15) is 53.4 Å². The Bertz CT molecular complexity index is 234. The van der Waals surface area contributed by atoms with Gasteiger partial charge in [0, 0.05) is 18.8 Å². The van der Waals surface area contributed by atoms with Crippen LogP contribution in [0.3, 0.4) is 0 Å². The topological polar surface area (TPSA) is 21.3 Å². The minimum atomic E-state index is 0.239. The zero-order valence-corrected chi connectivity index (χ0v) is 12.0. The number of hydrogen-bond acceptors (Lipinski definition) is 2. The Hall–Kier alpha value is -0.340. The lowest BCUT2D eigenvalue weighted by Gasteiger charge is -2.22. The van der Waals surface area contributed by atoms with E-state index in [0.29, 0.717) is 0 Å². The monoisotopic (exact) mass is 239 g/mol. The molecule has 1 aliphatic rings. The molecule has 2 heteroatoms. The van der Waals surface area contributed by atoms with Crippen molar-refractivity contribution in [3.05, 3.63) is 11.6 Å². The SMILES string of the molecule is CC(=CCCNC(C)(C)C)CC1CCOCC1. The highest BCUT2D eigenvalue weighted by molar-refractivity contribution is 5.00. The van der Waals surface area contributed by atoms with Gasteiger partial charge in [-0.05, 0) is 65.8 Å². The number of rotatable bonds is 5. The molecular formula is C15H29NO. The van der Waals surface area contributed by atoms with Gasteiger partial charge in [0.2, 0.25) is 0 Å². The molecule has 0 bridgehead atoms. The minimum absolute atomic E-state index is 0.239. The van der Waals surface area contributed by atoms with Crippen molar-refractivity contribution >= 4 is 0 Å². The van der Waals surface area contributed by atoms with Gasteiger partial charge in [0.15, 0.2) is 0 Å². The van der Waals surface area contributed by atoms with E-state index in [1.165, 1.54) is 19.3 Å². The van der Waals surface area contributed by atoms with Crippen LogP contribution in [-0.2, 0) is 4.74 Å². The Labute approximate surface area is 107 Å². The molecule has 0 aliphatic carbocycles. The first-order chi connectivity index (χ1) is 7.97. The third-order valence-corrected chi connectivity index (χ3v) is 3.24. The Kier molecular flexibility index (Phi) is 6.21. The lowest BCUT2D eigenvalue weighted by atomic mass is 9.92. The molecule has 1 N–H and O–H groups in total. The van der Waals surface area contributed by atoms with E-state index in [-0.39, 0.29) is 5.54 Å². The molecule has 2 nitrogen and oxygen atoms in total. The Morgan fingerprint density at radius 2 is 1.94 bits per heavy atom. The van der Waals surface area contributed by atoms with Gasteiger partial charge in [-0.3, -0.25) is 0 Å². The van der Waals surface area contributed by atoms with Crippen LogP contribution in [0.15, 0.2) is 11.6 Å². The van der Waals surface area contributed by atoms with Gasteiger partial charge in [0.25, 0.3) is 0 Å². The fourth-order valence-corrected chi connectivity index (χ4v) is 2.25. The van der Waals surface area contributed by atoms with E-state index in [4.69, 9.17) is 4.74 Å². The van der Waals surface area contributed by atoms with Gasteiger partial charge in [0.05, 0.1) is 0 Å². The second kappa shape index (κ2) is 7.17. The second-order valence-electron chi connectivity index (χ2n) is 6.28. The normalized spacial score (nSPS) is 19.6. The highest BCUT2D eigenvalue weighted by atomic mass is 16.5. The van der Waals surface area contributed by atoms with E-state index in [1.54, 1.807) is 5.57 Å². The van der Waals surface area contributed by atoms with Crippen molar-refractivity contribution in [2.75, 3.05) is 19.8 Å². The summed E-state index contributed by atoms with van der Waals surface area (Å²) in [6, 6.07) is 0. The average Bonchev–Trinajstić information content (AvgIpc) is 2.25. The number of nitrogens with one attached hydrogen (secondary N) is 1. The first-order valence-corrected chi connectivity index (χ1v) is 6.96. The van der Waals surface area contributed by atoms with E-state index in [2.05, 4.69) is 39.1 Å². The molecule has 1 fully saturated rings. The van der Waals surface area contributed by atoms with Crippen LogP contribution < -0.4 is 5.32 Å². The van der Waals surface area contributed by atoms with Gasteiger partial charge < -0.3 is 10.1 Å². The van der Waals surface area contributed by atoms with Gasteiger partial charge in [-0.2, -0.15) is 0 Å². The van der Waals surface area contributed by atoms with Crippen LogP contribution in [0.2, 0.25) is 0 Å². The van der Waals surface area contributed by atoms with Gasteiger partial charge in [-0.15, -0.1) is 0 Å². The van der Waals surface area contributed by atoms with Crippen LogP contribution >= 0.6 is 0 Å². The summed E-state index contributed by atoms with van der Waals surface area (Å²) in [5, 5.41) is 3.52. The van der Waals surface area contributed by atoms with Crippen LogP contribution in [0, 0.1) is 5.92 Å². The van der Waals surface area contributed by atoms with Crippen LogP contribution in [-0.4, -0.2) is 25.3 Å². The highest BCUT2D eigenvalue weighted by Gasteiger charge is 2.13. The van der Waals surface area contributed by atoms with E-state index >= 15 is 0 Å². The van der Waals surface area contributed by atoms with E-state index in [0.717, 1.165) is 32.1 Å². The number of hydrogen-bond donors (Lipinski definition) is 1. The van der Waals surface area contributed by atoms with E-state index in [1.807, 2.05) is 0 Å². The maximum Gasteiger partial charge on any atom is 0.0468 e. The van der Waals surface area contributed by atoms with Gasteiger partial charge in [-0.25, -0.2) is 0 Å². The maximum absolute atomic E-state index is 5.39. The zero-order chi connectivity index (χ0) is 12.7. The summed E-state index contributed by atoms with van der Waals surface area (Å²) in [4.78, 5) is 0. The average molecular weight is 239 g/mol. The van der Waals surface area contributed by atoms with Crippen molar-refractivity contribution in [1.29, 1.82) is 0 Å². The largest absolute Gasteiger partial charge is 0.381 e. The molecule has 1 saturated heterocycles. The predicted molar refractivity (Wildman–Crippen MR) is 74.3 cm³/mol. The molecule has 0 amide bonds. The van der Waals surface area contributed by atoms with Crippen molar-refractivity contribution in [1.82, 2.24) is 5.32 Å². The summed E-state index contributed by atoms with van der Waals surface area (Å²) in [6.07, 6.45) is 7.29. The minimum Gasteiger partial charge on any atom is -0.381 e. The molecule has 0 aromatic carbocycles. The van der Waals surface area contributed by atoms with Gasteiger partial charge in [-0.1, -0.05) is 11.6 Å². The predicted octanol–water partition coefficient (Wildman–Crippen LogP) is 3.53. The molecule has 0 unspecified atom stereocenters. The van der Waals surface area contributed by atoms with Crippen molar-refractivity contribution in [2.24, 2.45) is 5.92 Å². The zero-order valence-electron chi connectivity index (χ0n) is 12.0. The van der Waals surface area contributed by atoms with Crippen molar-refractivity contribution in [3.63, 3.8) is 0 Å². The lowest BCUT2D eigenvalue weighted by Crippen LogP contribution is -2.36. The van der Waals surface area contributed by atoms with Crippen LogP contribution in [0.5, 0.6) is 0 Å². The molecule has 1 rings (SSSR count). The van der Waals surface area contributed by atoms with Crippen LogP contribution in [0.25, 0.3) is 0 Å². The summed E-state index contributed by atoms with van der Waals surface area (Å²) >= 11 is 0. The van der Waals surface area contributed by atoms with Crippen molar-refractivity contribution in [2.45, 2.75) is 58.9 Å². The molecule has 17 heavy (non-hydrogen) atoms. The van der Waals surface area contributed by atoms with E-state index in [9.17, 15) is 0 Å². The molecule has 1 aliphatic heterocycles. The number of ether oxygens (including phenoxy) is 1. The van der Waals surface area contributed by atoms with Gasteiger partial charge >= 0.3 is 0 Å². The summed E-state index contributed by atoms with van der Waals surface area (Å²) in [5.41, 5.74) is 1.79. The van der Waals surface area contributed by atoms with Crippen molar-refractivity contribution < 1.29 is 4.74 Å². The first-order valence-electron chi connectivity index (χ1n) is 6.96. The third kappa shape index (κ3) is 7.56. The molecule has 0 saturated carbocycles. The molecule has 0 spiro atoms. The van der Waals surface area contributed by atoms with Crippen molar-refractivity contribution in [3.8, 4) is 0 Å². The molecule has 0 radical (unpaired) electrons. The second-order valence-corrected chi connectivity index (χ2v) is 6.28. The quantitative estimate of drug-likeness (QED) is 0.585. The van der Waals surface area contributed by atoms with Gasteiger partial charge in [0.1, 0.15) is 0 Å². The fraction of sp³-hybridized carbons (Fsp3) is 0.867. The summed E-state index contributed by atoms with van der Waals surface area (Å²) in [5.74, 6) is 0.857. The molecule has 1 heterocycles. The highest BCUT2D eigenvalue weighted by Crippen LogP contribution is 2.22. The molecule has 0 atom stereocenters. The summed E-state index contributed by atoms with van der Waals surface area (Å²) in [7, 11) is 0. The van der Waals surface area contributed by atoms with E-state index < -0.39 is 0 Å². The Balaban J connectivity index is 2.15. The Morgan fingerprint density at radius 3 is 2.53 bits per heavy atom. The fourth-order valence-electron chi connectivity index (χ4n) is 2.25. The van der Waals surface area contributed by atoms with Crippen LogP contribution in [0.4, 0.5) is 0 Å². The maximum atomic E-state index is 5.39. The molecule has 100 valence electrons. The summed E-state index contributed by atoms with van der Waals surface area (Å²) in [6.45, 7) is 11.9. The Morgan fingerprint density at radius 1 is 1.29 bits per heavy atom. The third-order valence-electron chi connectivity index (χ3n) is 3.24. The lowest BCUT2D eigenvalue weighted by molar-refractivity contribution is 0.0665. The smallest absolute Gasteiger partial charge is 0.0468 e. The molecule has 0 aromatic rings. The first kappa shape index (κ1) is 14.7. The summed E-state index contributed by atoms with van der Waals surface area (Å²) < 4.78 is 5.39.